The van der Waals surface area contributed by atoms with Gasteiger partial charge in [0.25, 0.3) is 0 Å². The Morgan fingerprint density at radius 1 is 0.679 bits per heavy atom. The Bertz CT molecular complexity index is 1130. The minimum atomic E-state index is -1.54. The Labute approximate surface area is 170 Å². The summed E-state index contributed by atoms with van der Waals surface area (Å²) in [5.74, 6) is -6.07. The van der Waals surface area contributed by atoms with Crippen LogP contribution in [-0.4, -0.2) is 15.0 Å². The third-order valence-corrected chi connectivity index (χ3v) is 5.15. The molecule has 0 N–H and O–H groups in total. The number of hydrogen-bond donors (Lipinski definition) is 0. The molecule has 0 atom stereocenters. The second-order valence-electron chi connectivity index (χ2n) is 5.85. The van der Waals surface area contributed by atoms with Crippen LogP contribution in [0.3, 0.4) is 0 Å². The van der Waals surface area contributed by atoms with Gasteiger partial charge in [0.05, 0.1) is 5.56 Å². The summed E-state index contributed by atoms with van der Waals surface area (Å²) >= 11 is 1.78. The fraction of sp³-hybridized carbons (Fsp3) is 0. The van der Waals surface area contributed by atoms with E-state index in [4.69, 9.17) is 0 Å². The molecule has 0 unspecified atom stereocenters. The van der Waals surface area contributed by atoms with Crippen molar-refractivity contribution in [2.45, 2.75) is 0 Å². The van der Waals surface area contributed by atoms with E-state index in [1.54, 1.807) is 59.0 Å². The van der Waals surface area contributed by atoms with Crippen LogP contribution in [-0.2, 0) is 0 Å². The maximum absolute atomic E-state index is 14.8. The monoisotopic (exact) mass is 495 g/mol. The Kier molecular flexibility index (Phi) is 4.88. The zero-order chi connectivity index (χ0) is 19.8. The molecule has 0 aliphatic carbocycles. The standard InChI is InChI=1S/C20H10F4IN3/c21-14-13(11-7-3-1-4-8-11)15(22)17(24)19(16(14)23)28-20(25)18(26-27-28)12-9-5-2-6-10-12/h1-10H. The number of aromatic nitrogens is 3. The molecule has 0 saturated carbocycles. The Hall–Kier alpha value is -2.75. The summed E-state index contributed by atoms with van der Waals surface area (Å²) < 4.78 is 59.9. The molecule has 1 aromatic heterocycles. The lowest BCUT2D eigenvalue weighted by atomic mass is 10.0. The lowest BCUT2D eigenvalue weighted by molar-refractivity contribution is 0.446. The van der Waals surface area contributed by atoms with Gasteiger partial charge < -0.3 is 0 Å². The second-order valence-corrected chi connectivity index (χ2v) is 6.87. The predicted octanol–water partition coefficient (Wildman–Crippen LogP) is 5.76. The number of rotatable bonds is 3. The third kappa shape index (κ3) is 2.97. The van der Waals surface area contributed by atoms with Crippen molar-refractivity contribution in [2.75, 3.05) is 0 Å². The predicted molar refractivity (Wildman–Crippen MR) is 105 cm³/mol. The van der Waals surface area contributed by atoms with Gasteiger partial charge in [0.2, 0.25) is 0 Å². The van der Waals surface area contributed by atoms with E-state index in [1.807, 2.05) is 0 Å². The van der Waals surface area contributed by atoms with Gasteiger partial charge in [-0.25, -0.2) is 22.2 Å². The third-order valence-electron chi connectivity index (χ3n) is 4.18. The van der Waals surface area contributed by atoms with Gasteiger partial charge in [-0.2, -0.15) is 0 Å². The topological polar surface area (TPSA) is 30.7 Å². The van der Waals surface area contributed by atoms with Crippen LogP contribution in [0, 0.1) is 27.0 Å². The summed E-state index contributed by atoms with van der Waals surface area (Å²) in [6.45, 7) is 0. The van der Waals surface area contributed by atoms with E-state index in [2.05, 4.69) is 10.3 Å². The van der Waals surface area contributed by atoms with E-state index in [0.717, 1.165) is 4.68 Å². The van der Waals surface area contributed by atoms with Gasteiger partial charge in [-0.05, 0) is 28.2 Å². The Morgan fingerprint density at radius 2 is 1.18 bits per heavy atom. The lowest BCUT2D eigenvalue weighted by Gasteiger charge is -2.12. The molecule has 28 heavy (non-hydrogen) atoms. The molecule has 0 radical (unpaired) electrons. The van der Waals surface area contributed by atoms with Crippen LogP contribution in [0.25, 0.3) is 28.1 Å². The van der Waals surface area contributed by atoms with E-state index in [9.17, 15) is 17.6 Å². The van der Waals surface area contributed by atoms with Crippen molar-refractivity contribution in [2.24, 2.45) is 0 Å². The second kappa shape index (κ2) is 7.34. The highest BCUT2D eigenvalue weighted by atomic mass is 127. The molecule has 3 aromatic carbocycles. The molecule has 0 amide bonds. The van der Waals surface area contributed by atoms with Crippen molar-refractivity contribution in [3.8, 4) is 28.1 Å². The Morgan fingerprint density at radius 3 is 1.71 bits per heavy atom. The fourth-order valence-electron chi connectivity index (χ4n) is 2.85. The highest BCUT2D eigenvalue weighted by Crippen LogP contribution is 2.35. The maximum Gasteiger partial charge on any atom is 0.188 e. The van der Waals surface area contributed by atoms with E-state index in [-0.39, 0.29) is 9.26 Å². The molecule has 4 rings (SSSR count). The van der Waals surface area contributed by atoms with Gasteiger partial charge in [0, 0.05) is 5.56 Å². The number of hydrogen-bond acceptors (Lipinski definition) is 2. The lowest BCUT2D eigenvalue weighted by Crippen LogP contribution is -2.11. The van der Waals surface area contributed by atoms with Gasteiger partial charge in [0.15, 0.2) is 23.3 Å². The first-order valence-corrected chi connectivity index (χ1v) is 9.17. The zero-order valence-corrected chi connectivity index (χ0v) is 16.2. The maximum atomic E-state index is 14.8. The molecule has 0 aliphatic rings. The van der Waals surface area contributed by atoms with Crippen LogP contribution >= 0.6 is 22.6 Å². The van der Waals surface area contributed by atoms with Crippen LogP contribution in [0.5, 0.6) is 0 Å². The molecule has 140 valence electrons. The molecule has 0 aliphatic heterocycles. The largest absolute Gasteiger partial charge is 0.203 e. The summed E-state index contributed by atoms with van der Waals surface area (Å²) in [5, 5.41) is 7.63. The summed E-state index contributed by atoms with van der Waals surface area (Å²) in [4.78, 5) is 0. The van der Waals surface area contributed by atoms with Crippen molar-refractivity contribution < 1.29 is 17.6 Å². The highest BCUT2D eigenvalue weighted by molar-refractivity contribution is 14.1. The molecule has 4 aromatic rings. The SMILES string of the molecule is Fc1c(F)c(-n2nnc(-c3ccccc3)c2I)c(F)c(F)c1-c1ccccc1. The minimum absolute atomic E-state index is 0.0279. The average molecular weight is 495 g/mol. The molecule has 0 spiro atoms. The molecule has 0 fully saturated rings. The van der Waals surface area contributed by atoms with Crippen LogP contribution in [0.2, 0.25) is 0 Å². The molecule has 0 saturated heterocycles. The van der Waals surface area contributed by atoms with Crippen molar-refractivity contribution in [3.63, 3.8) is 0 Å². The molecule has 3 nitrogen and oxygen atoms in total. The fourth-order valence-corrected chi connectivity index (χ4v) is 3.61. The van der Waals surface area contributed by atoms with E-state index in [0.29, 0.717) is 11.3 Å². The van der Waals surface area contributed by atoms with E-state index >= 15 is 0 Å². The van der Waals surface area contributed by atoms with Gasteiger partial charge >= 0.3 is 0 Å². The molecular weight excluding hydrogens is 485 g/mol. The van der Waals surface area contributed by atoms with Crippen LogP contribution in [0.15, 0.2) is 60.7 Å². The summed E-state index contributed by atoms with van der Waals surface area (Å²) in [6.07, 6.45) is 0. The number of nitrogens with zero attached hydrogens (tertiary/aromatic N) is 3. The van der Waals surface area contributed by atoms with Gasteiger partial charge in [-0.1, -0.05) is 65.9 Å². The zero-order valence-electron chi connectivity index (χ0n) is 14.0. The van der Waals surface area contributed by atoms with Crippen LogP contribution in [0.1, 0.15) is 0 Å². The molecular formula is C20H10F4IN3. The minimum Gasteiger partial charge on any atom is -0.203 e. The van der Waals surface area contributed by atoms with Crippen molar-refractivity contribution in [1.29, 1.82) is 0 Å². The number of benzene rings is 3. The molecule has 8 heteroatoms. The smallest absolute Gasteiger partial charge is 0.188 e. The van der Waals surface area contributed by atoms with Crippen molar-refractivity contribution >= 4 is 22.6 Å². The van der Waals surface area contributed by atoms with Crippen molar-refractivity contribution in [3.05, 3.63) is 87.6 Å². The molecule has 0 bridgehead atoms. The molecule has 1 heterocycles. The van der Waals surface area contributed by atoms with Crippen molar-refractivity contribution in [1.82, 2.24) is 15.0 Å². The van der Waals surface area contributed by atoms with E-state index < -0.39 is 34.5 Å². The number of halogens is 5. The first kappa shape index (κ1) is 18.6. The van der Waals surface area contributed by atoms with Gasteiger partial charge in [-0.15, -0.1) is 5.10 Å². The Balaban J connectivity index is 1.93. The van der Waals surface area contributed by atoms with E-state index in [1.165, 1.54) is 24.3 Å². The normalized spacial score (nSPS) is 11.0. The summed E-state index contributed by atoms with van der Waals surface area (Å²) in [5.41, 5.74) is -0.694. The summed E-state index contributed by atoms with van der Waals surface area (Å²) in [6, 6.07) is 16.2. The van der Waals surface area contributed by atoms with Gasteiger partial charge in [0.1, 0.15) is 15.1 Å². The quantitative estimate of drug-likeness (QED) is 0.206. The van der Waals surface area contributed by atoms with Gasteiger partial charge in [-0.3, -0.25) is 0 Å². The highest BCUT2D eigenvalue weighted by Gasteiger charge is 2.29. The van der Waals surface area contributed by atoms with Crippen LogP contribution < -0.4 is 0 Å². The summed E-state index contributed by atoms with van der Waals surface area (Å²) in [7, 11) is 0. The van der Waals surface area contributed by atoms with Crippen LogP contribution in [0.4, 0.5) is 17.6 Å². The average Bonchev–Trinajstić information content (AvgIpc) is 3.09. The first-order chi connectivity index (χ1) is 13.5. The first-order valence-electron chi connectivity index (χ1n) is 8.09.